The number of rotatable bonds is 4. The molecule has 3 aliphatic rings. The van der Waals surface area contributed by atoms with Gasteiger partial charge in [0.15, 0.2) is 0 Å². The van der Waals surface area contributed by atoms with Crippen LogP contribution in [-0.2, 0) is 0 Å². The number of nitrogens with zero attached hydrogens (tertiary/aromatic N) is 2. The Morgan fingerprint density at radius 1 is 0.840 bits per heavy atom. The Morgan fingerprint density at radius 3 is 1.80 bits per heavy atom. The highest BCUT2D eigenvalue weighted by atomic mass is 16.2. The maximum Gasteiger partial charge on any atom is 0.317 e. The summed E-state index contributed by atoms with van der Waals surface area (Å²) in [6, 6.07) is 0.142. The minimum atomic E-state index is 0.0265. The van der Waals surface area contributed by atoms with Crippen LogP contribution in [0, 0.1) is 17.8 Å². The van der Waals surface area contributed by atoms with Crippen LogP contribution in [0.1, 0.15) is 52.4 Å². The molecule has 0 aromatic carbocycles. The van der Waals surface area contributed by atoms with Crippen LogP contribution in [0.2, 0.25) is 0 Å². The van der Waals surface area contributed by atoms with E-state index in [4.69, 9.17) is 0 Å². The first-order chi connectivity index (χ1) is 12.0. The van der Waals surface area contributed by atoms with Crippen LogP contribution in [0.5, 0.6) is 0 Å². The molecule has 3 fully saturated rings. The molecule has 0 aromatic rings. The van der Waals surface area contributed by atoms with Gasteiger partial charge in [0, 0.05) is 32.7 Å². The van der Waals surface area contributed by atoms with Crippen molar-refractivity contribution >= 4 is 12.1 Å². The van der Waals surface area contributed by atoms with Gasteiger partial charge in [-0.15, -0.1) is 0 Å². The summed E-state index contributed by atoms with van der Waals surface area (Å²) in [6.07, 6.45) is 6.66. The lowest BCUT2D eigenvalue weighted by atomic mass is 9.99. The van der Waals surface area contributed by atoms with Crippen molar-refractivity contribution < 1.29 is 9.59 Å². The van der Waals surface area contributed by atoms with Crippen molar-refractivity contribution in [2.75, 3.05) is 32.7 Å². The molecule has 4 amide bonds. The van der Waals surface area contributed by atoms with Crippen molar-refractivity contribution in [3.8, 4) is 0 Å². The Kier molecular flexibility index (Phi) is 6.07. The van der Waals surface area contributed by atoms with Gasteiger partial charge in [-0.25, -0.2) is 9.59 Å². The monoisotopic (exact) mass is 350 g/mol. The Morgan fingerprint density at radius 2 is 1.32 bits per heavy atom. The van der Waals surface area contributed by atoms with E-state index < -0.39 is 0 Å². The Bertz CT molecular complexity index is 464. The summed E-state index contributed by atoms with van der Waals surface area (Å²) in [4.78, 5) is 28.7. The maximum absolute atomic E-state index is 12.5. The van der Waals surface area contributed by atoms with E-state index >= 15 is 0 Å². The fraction of sp³-hybridized carbons (Fsp3) is 0.895. The molecule has 0 aromatic heterocycles. The lowest BCUT2D eigenvalue weighted by Gasteiger charge is -2.33. The first-order valence-electron chi connectivity index (χ1n) is 10.1. The molecule has 142 valence electrons. The van der Waals surface area contributed by atoms with Crippen molar-refractivity contribution in [2.45, 2.75) is 58.4 Å². The average molecular weight is 351 g/mol. The normalized spacial score (nSPS) is 24.1. The van der Waals surface area contributed by atoms with Crippen LogP contribution in [-0.4, -0.2) is 60.6 Å². The second-order valence-electron chi connectivity index (χ2n) is 8.42. The van der Waals surface area contributed by atoms with E-state index in [9.17, 15) is 9.59 Å². The summed E-state index contributed by atoms with van der Waals surface area (Å²) in [5, 5.41) is 6.24. The van der Waals surface area contributed by atoms with E-state index in [0.29, 0.717) is 12.5 Å². The molecule has 1 atom stereocenters. The summed E-state index contributed by atoms with van der Waals surface area (Å²) >= 11 is 0. The summed E-state index contributed by atoms with van der Waals surface area (Å²) in [6.45, 7) is 8.43. The van der Waals surface area contributed by atoms with Gasteiger partial charge in [0.1, 0.15) is 0 Å². The number of nitrogens with one attached hydrogen (secondary N) is 2. The van der Waals surface area contributed by atoms with Crippen molar-refractivity contribution in [1.29, 1.82) is 0 Å². The van der Waals surface area contributed by atoms with Crippen LogP contribution >= 0.6 is 0 Å². The molecule has 3 rings (SSSR count). The van der Waals surface area contributed by atoms with Gasteiger partial charge >= 0.3 is 12.1 Å². The summed E-state index contributed by atoms with van der Waals surface area (Å²) in [7, 11) is 0. The highest BCUT2D eigenvalue weighted by Crippen LogP contribution is 2.32. The zero-order chi connectivity index (χ0) is 17.8. The van der Waals surface area contributed by atoms with Crippen LogP contribution in [0.15, 0.2) is 0 Å². The van der Waals surface area contributed by atoms with Gasteiger partial charge in [-0.3, -0.25) is 0 Å². The molecule has 0 spiro atoms. The first-order valence-corrected chi connectivity index (χ1v) is 10.1. The molecule has 6 nitrogen and oxygen atoms in total. The van der Waals surface area contributed by atoms with E-state index in [0.717, 1.165) is 76.5 Å². The standard InChI is InChI=1S/C19H34N4O2/c1-14-5-9-22(10-6-14)18(24)20-13-17(16-3-4-16)21-19(25)23-11-7-15(2)8-12-23/h14-17H,3-13H2,1-2H3,(H,20,24)(H,21,25). The molecule has 1 unspecified atom stereocenters. The van der Waals surface area contributed by atoms with Gasteiger partial charge in [0.2, 0.25) is 0 Å². The second kappa shape index (κ2) is 8.28. The SMILES string of the molecule is CC1CCN(C(=O)NCC(NC(=O)N2CCC(C)CC2)C2CC2)CC1. The number of carbonyl (C=O) groups excluding carboxylic acids is 2. The Labute approximate surface area is 151 Å². The largest absolute Gasteiger partial charge is 0.336 e. The quantitative estimate of drug-likeness (QED) is 0.819. The molecule has 2 aliphatic heterocycles. The zero-order valence-corrected chi connectivity index (χ0v) is 15.8. The van der Waals surface area contributed by atoms with Gasteiger partial charge < -0.3 is 20.4 Å². The number of carbonyl (C=O) groups is 2. The number of hydrogen-bond acceptors (Lipinski definition) is 2. The van der Waals surface area contributed by atoms with E-state index in [2.05, 4.69) is 24.5 Å². The molecule has 2 N–H and O–H groups in total. The van der Waals surface area contributed by atoms with Gasteiger partial charge in [-0.2, -0.15) is 0 Å². The highest BCUT2D eigenvalue weighted by molar-refractivity contribution is 5.76. The van der Waals surface area contributed by atoms with Crippen LogP contribution in [0.25, 0.3) is 0 Å². The molecule has 1 aliphatic carbocycles. The predicted molar refractivity (Wildman–Crippen MR) is 98.4 cm³/mol. The molecule has 0 bridgehead atoms. The fourth-order valence-corrected chi connectivity index (χ4v) is 3.82. The molecule has 2 saturated heterocycles. The zero-order valence-electron chi connectivity index (χ0n) is 15.8. The highest BCUT2D eigenvalue weighted by Gasteiger charge is 2.34. The van der Waals surface area contributed by atoms with Crippen molar-refractivity contribution in [3.05, 3.63) is 0 Å². The van der Waals surface area contributed by atoms with Gasteiger partial charge in [-0.05, 0) is 56.3 Å². The number of urea groups is 2. The molecular weight excluding hydrogens is 316 g/mol. The molecular formula is C19H34N4O2. The fourth-order valence-electron chi connectivity index (χ4n) is 3.82. The number of piperidine rings is 2. The number of likely N-dealkylation sites (tertiary alicyclic amines) is 2. The van der Waals surface area contributed by atoms with E-state index in [1.54, 1.807) is 0 Å². The molecule has 6 heteroatoms. The maximum atomic E-state index is 12.5. The van der Waals surface area contributed by atoms with Crippen molar-refractivity contribution in [3.63, 3.8) is 0 Å². The lowest BCUT2D eigenvalue weighted by Crippen LogP contribution is -2.53. The minimum absolute atomic E-state index is 0.0265. The third kappa shape index (κ3) is 5.25. The van der Waals surface area contributed by atoms with Crippen LogP contribution in [0.3, 0.4) is 0 Å². The summed E-state index contributed by atoms with van der Waals surface area (Å²) < 4.78 is 0. The van der Waals surface area contributed by atoms with Crippen molar-refractivity contribution in [2.24, 2.45) is 17.8 Å². The number of amides is 4. The van der Waals surface area contributed by atoms with E-state index in [1.165, 1.54) is 0 Å². The average Bonchev–Trinajstić information content (AvgIpc) is 3.44. The van der Waals surface area contributed by atoms with E-state index in [-0.39, 0.29) is 18.1 Å². The summed E-state index contributed by atoms with van der Waals surface area (Å²) in [5.41, 5.74) is 0. The smallest absolute Gasteiger partial charge is 0.317 e. The summed E-state index contributed by atoms with van der Waals surface area (Å²) in [5.74, 6) is 1.96. The molecule has 1 saturated carbocycles. The minimum Gasteiger partial charge on any atom is -0.336 e. The first kappa shape index (κ1) is 18.3. The third-order valence-corrected chi connectivity index (χ3v) is 6.11. The van der Waals surface area contributed by atoms with Crippen molar-refractivity contribution in [1.82, 2.24) is 20.4 Å². The Balaban J connectivity index is 1.43. The van der Waals surface area contributed by atoms with Gasteiger partial charge in [0.25, 0.3) is 0 Å². The third-order valence-electron chi connectivity index (χ3n) is 6.11. The molecule has 25 heavy (non-hydrogen) atoms. The number of hydrogen-bond donors (Lipinski definition) is 2. The molecule has 2 heterocycles. The van der Waals surface area contributed by atoms with E-state index in [1.807, 2.05) is 9.80 Å². The topological polar surface area (TPSA) is 64.7 Å². The second-order valence-corrected chi connectivity index (χ2v) is 8.42. The molecule has 0 radical (unpaired) electrons. The van der Waals surface area contributed by atoms with Gasteiger partial charge in [-0.1, -0.05) is 13.8 Å². The van der Waals surface area contributed by atoms with Crippen LogP contribution < -0.4 is 10.6 Å². The van der Waals surface area contributed by atoms with Crippen LogP contribution in [0.4, 0.5) is 9.59 Å². The Hall–Kier alpha value is -1.46. The predicted octanol–water partition coefficient (Wildman–Crippen LogP) is 2.65. The van der Waals surface area contributed by atoms with Gasteiger partial charge in [0.05, 0.1) is 6.04 Å². The lowest BCUT2D eigenvalue weighted by molar-refractivity contribution is 0.164.